The van der Waals surface area contributed by atoms with E-state index in [1.54, 1.807) is 0 Å². The first-order valence-corrected chi connectivity index (χ1v) is 5.78. The normalized spacial score (nSPS) is 33.6. The van der Waals surface area contributed by atoms with Crippen LogP contribution in [0.4, 0.5) is 0 Å². The Labute approximate surface area is 113 Å². The van der Waals surface area contributed by atoms with Crippen LogP contribution in [0.2, 0.25) is 0 Å². The highest BCUT2D eigenvalue weighted by molar-refractivity contribution is 5.73. The number of benzene rings is 1. The minimum absolute atomic E-state index is 0.00123. The zero-order valence-corrected chi connectivity index (χ0v) is 10.2. The summed E-state index contributed by atoms with van der Waals surface area (Å²) in [5, 5.41) is 46.8. The van der Waals surface area contributed by atoms with Crippen LogP contribution in [0.25, 0.3) is 0 Å². The lowest BCUT2D eigenvalue weighted by Gasteiger charge is -2.38. The number of aliphatic carboxylic acids is 1. The smallest absolute Gasteiger partial charge is 0.335 e. The molecule has 8 nitrogen and oxygen atoms in total. The molecule has 1 aromatic carbocycles. The van der Waals surface area contributed by atoms with E-state index < -0.39 is 36.7 Å². The Hall–Kier alpha value is -1.87. The maximum atomic E-state index is 10.9. The molecule has 20 heavy (non-hydrogen) atoms. The number of carboxylic acid groups (broad SMARTS) is 1. The molecule has 0 saturated carbocycles. The summed E-state index contributed by atoms with van der Waals surface area (Å²) in [5.41, 5.74) is 0. The number of aliphatic hydroxyl groups excluding tert-OH is 3. The molecule has 1 aliphatic heterocycles. The second-order valence-corrected chi connectivity index (χ2v) is 4.35. The average molecular weight is 286 g/mol. The van der Waals surface area contributed by atoms with Crippen LogP contribution in [0, 0.1) is 0 Å². The van der Waals surface area contributed by atoms with Crippen molar-refractivity contribution in [3.05, 3.63) is 24.3 Å². The van der Waals surface area contributed by atoms with Gasteiger partial charge in [0.15, 0.2) is 6.10 Å². The summed E-state index contributed by atoms with van der Waals surface area (Å²) in [6.45, 7) is 0. The Morgan fingerprint density at radius 1 is 1.05 bits per heavy atom. The lowest BCUT2D eigenvalue weighted by Crippen LogP contribution is -2.61. The molecule has 5 N–H and O–H groups in total. The third-order valence-electron chi connectivity index (χ3n) is 2.90. The first-order chi connectivity index (χ1) is 9.40. The fourth-order valence-electron chi connectivity index (χ4n) is 1.81. The van der Waals surface area contributed by atoms with Gasteiger partial charge >= 0.3 is 5.97 Å². The van der Waals surface area contributed by atoms with Gasteiger partial charge in [0.05, 0.1) is 0 Å². The quantitative estimate of drug-likeness (QED) is 0.460. The van der Waals surface area contributed by atoms with Crippen molar-refractivity contribution in [3.63, 3.8) is 0 Å². The summed E-state index contributed by atoms with van der Waals surface area (Å²) in [6, 6.07) is 5.40. The first-order valence-electron chi connectivity index (χ1n) is 5.78. The zero-order valence-electron chi connectivity index (χ0n) is 10.2. The highest BCUT2D eigenvalue weighted by Gasteiger charge is 2.48. The Bertz CT molecular complexity index is 473. The molecule has 110 valence electrons. The van der Waals surface area contributed by atoms with E-state index >= 15 is 0 Å². The van der Waals surface area contributed by atoms with Gasteiger partial charge in [-0.2, -0.15) is 0 Å². The van der Waals surface area contributed by atoms with Crippen LogP contribution in [-0.2, 0) is 9.53 Å². The van der Waals surface area contributed by atoms with Gasteiger partial charge in [-0.25, -0.2) is 4.79 Å². The number of ether oxygens (including phenoxy) is 2. The molecule has 8 heteroatoms. The maximum absolute atomic E-state index is 10.9. The number of aliphatic hydroxyl groups is 3. The number of hydrogen-bond donors (Lipinski definition) is 5. The molecule has 0 amide bonds. The minimum atomic E-state index is -1.76. The highest BCUT2D eigenvalue weighted by Crippen LogP contribution is 2.25. The van der Waals surface area contributed by atoms with Gasteiger partial charge in [-0.15, -0.1) is 0 Å². The predicted octanol–water partition coefficient (Wildman–Crippen LogP) is -1.34. The van der Waals surface area contributed by atoms with E-state index in [0.717, 1.165) is 0 Å². The van der Waals surface area contributed by atoms with E-state index in [0.29, 0.717) is 0 Å². The average Bonchev–Trinajstić information content (AvgIpc) is 2.41. The van der Waals surface area contributed by atoms with Gasteiger partial charge in [-0.05, 0) is 24.3 Å². The van der Waals surface area contributed by atoms with E-state index in [1.807, 2.05) is 0 Å². The van der Waals surface area contributed by atoms with E-state index in [9.17, 15) is 20.1 Å². The minimum Gasteiger partial charge on any atom is -0.508 e. The predicted molar refractivity (Wildman–Crippen MR) is 63.1 cm³/mol. The first kappa shape index (κ1) is 14.5. The van der Waals surface area contributed by atoms with Gasteiger partial charge in [0, 0.05) is 0 Å². The molecule has 1 saturated heterocycles. The maximum Gasteiger partial charge on any atom is 0.335 e. The number of carbonyl (C=O) groups is 1. The summed E-state index contributed by atoms with van der Waals surface area (Å²) in [5.74, 6) is -1.29. The molecular weight excluding hydrogens is 272 g/mol. The van der Waals surface area contributed by atoms with Crippen molar-refractivity contribution in [3.8, 4) is 11.5 Å². The van der Waals surface area contributed by atoms with Crippen molar-refractivity contribution in [2.45, 2.75) is 30.7 Å². The molecule has 1 heterocycles. The summed E-state index contributed by atoms with van der Waals surface area (Å²) in [4.78, 5) is 10.9. The molecule has 0 radical (unpaired) electrons. The van der Waals surface area contributed by atoms with Gasteiger partial charge in [-0.3, -0.25) is 0 Å². The van der Waals surface area contributed by atoms with Crippen LogP contribution in [0.15, 0.2) is 24.3 Å². The molecule has 0 bridgehead atoms. The molecule has 0 spiro atoms. The van der Waals surface area contributed by atoms with Crippen molar-refractivity contribution in [1.29, 1.82) is 0 Å². The molecule has 0 aromatic heterocycles. The van der Waals surface area contributed by atoms with Crippen molar-refractivity contribution in [2.75, 3.05) is 0 Å². The standard InChI is InChI=1S/C12H14O8/c13-5-1-3-6(4-2-5)19-12-9(16)7(14)8(15)10(20-12)11(17)18/h1-4,7-10,12-16H,(H,17,18)/t7-,8+,9+,10-,12-/m1/s1. The number of phenolic OH excluding ortho intramolecular Hbond substituents is 1. The number of carboxylic acids is 1. The fourth-order valence-corrected chi connectivity index (χ4v) is 1.81. The van der Waals surface area contributed by atoms with Crippen LogP contribution in [0.3, 0.4) is 0 Å². The van der Waals surface area contributed by atoms with Crippen molar-refractivity contribution < 1.29 is 39.8 Å². The van der Waals surface area contributed by atoms with Crippen LogP contribution >= 0.6 is 0 Å². The SMILES string of the molecule is O=C(O)[C@@H]1O[C@@H](Oc2ccc(O)cc2)[C@@H](O)[C@H](O)[C@@H]1O. The third kappa shape index (κ3) is 2.83. The summed E-state index contributed by atoms with van der Waals surface area (Å²) in [7, 11) is 0. The Kier molecular flexibility index (Phi) is 4.09. The number of rotatable bonds is 3. The Balaban J connectivity index is 2.13. The molecule has 1 fully saturated rings. The van der Waals surface area contributed by atoms with Gasteiger partial charge in [0.1, 0.15) is 29.8 Å². The van der Waals surface area contributed by atoms with Gasteiger partial charge in [0.25, 0.3) is 0 Å². The monoisotopic (exact) mass is 286 g/mol. The van der Waals surface area contributed by atoms with Crippen LogP contribution in [-0.4, -0.2) is 62.2 Å². The van der Waals surface area contributed by atoms with E-state index in [-0.39, 0.29) is 11.5 Å². The molecular formula is C12H14O8. The molecule has 1 aliphatic rings. The van der Waals surface area contributed by atoms with Crippen molar-refractivity contribution in [1.82, 2.24) is 0 Å². The zero-order chi connectivity index (χ0) is 14.9. The second kappa shape index (κ2) is 5.63. The van der Waals surface area contributed by atoms with E-state index in [1.165, 1.54) is 24.3 Å². The number of aromatic hydroxyl groups is 1. The lowest BCUT2D eigenvalue weighted by atomic mass is 9.99. The lowest BCUT2D eigenvalue weighted by molar-refractivity contribution is -0.271. The number of hydrogen-bond acceptors (Lipinski definition) is 7. The summed E-state index contributed by atoms with van der Waals surface area (Å²) in [6.07, 6.45) is -8.27. The molecule has 2 rings (SSSR count). The Morgan fingerprint density at radius 2 is 1.65 bits per heavy atom. The van der Waals surface area contributed by atoms with E-state index in [4.69, 9.17) is 19.7 Å². The van der Waals surface area contributed by atoms with Gasteiger partial charge < -0.3 is 35.0 Å². The third-order valence-corrected chi connectivity index (χ3v) is 2.90. The molecule has 0 aliphatic carbocycles. The van der Waals surface area contributed by atoms with Crippen LogP contribution in [0.5, 0.6) is 11.5 Å². The van der Waals surface area contributed by atoms with Crippen molar-refractivity contribution in [2.24, 2.45) is 0 Å². The Morgan fingerprint density at radius 3 is 2.20 bits per heavy atom. The topological polar surface area (TPSA) is 137 Å². The van der Waals surface area contributed by atoms with Gasteiger partial charge in [-0.1, -0.05) is 0 Å². The highest BCUT2D eigenvalue weighted by atomic mass is 16.7. The molecule has 5 atom stereocenters. The molecule has 0 unspecified atom stereocenters. The summed E-state index contributed by atoms with van der Waals surface area (Å²) >= 11 is 0. The van der Waals surface area contributed by atoms with Gasteiger partial charge in [0.2, 0.25) is 6.29 Å². The molecule has 1 aromatic rings. The van der Waals surface area contributed by atoms with Crippen molar-refractivity contribution >= 4 is 5.97 Å². The fraction of sp³-hybridized carbons (Fsp3) is 0.417. The van der Waals surface area contributed by atoms with Crippen LogP contribution < -0.4 is 4.74 Å². The number of phenols is 1. The largest absolute Gasteiger partial charge is 0.508 e. The van der Waals surface area contributed by atoms with Crippen LogP contribution in [0.1, 0.15) is 0 Å². The summed E-state index contributed by atoms with van der Waals surface area (Å²) < 4.78 is 10.1. The second-order valence-electron chi connectivity index (χ2n) is 4.35. The van der Waals surface area contributed by atoms with E-state index in [2.05, 4.69) is 0 Å².